The minimum atomic E-state index is -0.527. The monoisotopic (exact) mass is 328 g/mol. The van der Waals surface area contributed by atoms with E-state index < -0.39 is 11.7 Å². The van der Waals surface area contributed by atoms with Crippen LogP contribution in [-0.4, -0.2) is 21.2 Å². The minimum absolute atomic E-state index is 0.412. The van der Waals surface area contributed by atoms with Gasteiger partial charge in [0.15, 0.2) is 0 Å². The van der Waals surface area contributed by atoms with Crippen LogP contribution in [0.1, 0.15) is 20.8 Å². The molecule has 0 radical (unpaired) electrons. The molecule has 18 heavy (non-hydrogen) atoms. The van der Waals surface area contributed by atoms with Crippen molar-refractivity contribution >= 4 is 33.4 Å². The molecular formula is C12H13BrN2O2S. The van der Waals surface area contributed by atoms with Crippen LogP contribution in [0.2, 0.25) is 0 Å². The Hall–Kier alpha value is -1.14. The van der Waals surface area contributed by atoms with E-state index in [0.29, 0.717) is 4.60 Å². The molecule has 4 nitrogen and oxygen atoms in total. The third kappa shape index (κ3) is 2.81. The Balaban J connectivity index is 2.39. The number of hydrogen-bond acceptors (Lipinski definition) is 4. The first-order valence-corrected chi connectivity index (χ1v) is 7.06. The van der Waals surface area contributed by atoms with E-state index in [-0.39, 0.29) is 0 Å². The van der Waals surface area contributed by atoms with Crippen molar-refractivity contribution in [2.75, 3.05) is 0 Å². The van der Waals surface area contributed by atoms with Crippen molar-refractivity contribution in [3.63, 3.8) is 0 Å². The number of rotatable bonds is 1. The third-order valence-electron chi connectivity index (χ3n) is 2.06. The fraction of sp³-hybridized carbons (Fsp3) is 0.333. The Morgan fingerprint density at radius 3 is 2.72 bits per heavy atom. The van der Waals surface area contributed by atoms with Gasteiger partial charge in [0.2, 0.25) is 0 Å². The van der Waals surface area contributed by atoms with Gasteiger partial charge in [-0.05, 0) is 48.8 Å². The fourth-order valence-electron chi connectivity index (χ4n) is 1.42. The van der Waals surface area contributed by atoms with Crippen molar-refractivity contribution in [3.05, 3.63) is 28.3 Å². The lowest BCUT2D eigenvalue weighted by atomic mass is 10.2. The molecule has 2 rings (SSSR count). The summed E-state index contributed by atoms with van der Waals surface area (Å²) in [6, 6.07) is 3.65. The van der Waals surface area contributed by atoms with Crippen LogP contribution in [0.25, 0.3) is 10.7 Å². The van der Waals surface area contributed by atoms with Crippen molar-refractivity contribution in [3.8, 4) is 10.7 Å². The van der Waals surface area contributed by atoms with Crippen LogP contribution in [0.5, 0.6) is 0 Å². The molecule has 6 heteroatoms. The highest BCUT2D eigenvalue weighted by Crippen LogP contribution is 2.28. The molecule has 2 aromatic rings. The van der Waals surface area contributed by atoms with Crippen molar-refractivity contribution < 1.29 is 9.53 Å². The van der Waals surface area contributed by atoms with Crippen LogP contribution in [-0.2, 0) is 4.74 Å². The zero-order valence-electron chi connectivity index (χ0n) is 10.3. The van der Waals surface area contributed by atoms with Gasteiger partial charge in [-0.3, -0.25) is 0 Å². The molecule has 0 aromatic carbocycles. The molecule has 0 bridgehead atoms. The van der Waals surface area contributed by atoms with Crippen LogP contribution in [0, 0.1) is 0 Å². The van der Waals surface area contributed by atoms with E-state index >= 15 is 0 Å². The summed E-state index contributed by atoms with van der Waals surface area (Å²) in [5.74, 6) is 0. The molecule has 96 valence electrons. The highest BCUT2D eigenvalue weighted by Gasteiger charge is 2.22. The molecule has 0 aliphatic heterocycles. The largest absolute Gasteiger partial charge is 0.443 e. The summed E-state index contributed by atoms with van der Waals surface area (Å²) in [4.78, 5) is 16.4. The van der Waals surface area contributed by atoms with Gasteiger partial charge in [-0.1, -0.05) is 0 Å². The molecule has 0 saturated heterocycles. The molecule has 0 atom stereocenters. The quantitative estimate of drug-likeness (QED) is 0.789. The van der Waals surface area contributed by atoms with Crippen LogP contribution in [0.15, 0.2) is 28.3 Å². The van der Waals surface area contributed by atoms with Crippen LogP contribution in [0.4, 0.5) is 4.79 Å². The summed E-state index contributed by atoms with van der Waals surface area (Å²) in [5.41, 5.74) is 0.201. The van der Waals surface area contributed by atoms with Crippen molar-refractivity contribution in [2.45, 2.75) is 26.4 Å². The number of nitrogens with zero attached hydrogens (tertiary/aromatic N) is 2. The summed E-state index contributed by atoms with van der Waals surface area (Å²) in [6.07, 6.45) is 1.30. The summed E-state index contributed by atoms with van der Waals surface area (Å²) >= 11 is 4.83. The molecule has 0 aliphatic rings. The lowest BCUT2D eigenvalue weighted by molar-refractivity contribution is 0.0536. The summed E-state index contributed by atoms with van der Waals surface area (Å²) in [6.45, 7) is 5.52. The zero-order valence-corrected chi connectivity index (χ0v) is 12.7. The SMILES string of the molecule is CC(C)(C)OC(=O)n1c(Br)ccc1-c1nccs1. The molecule has 0 amide bonds. The lowest BCUT2D eigenvalue weighted by Crippen LogP contribution is -2.27. The first kappa shape index (κ1) is 13.3. The standard InChI is InChI=1S/C12H13BrN2O2S/c1-12(2,3)17-11(16)15-8(4-5-9(15)13)10-14-6-7-18-10/h4-7H,1-3H3. The van der Waals surface area contributed by atoms with Gasteiger partial charge in [-0.25, -0.2) is 14.3 Å². The second-order valence-corrected chi connectivity index (χ2v) is 6.40. The van der Waals surface area contributed by atoms with Gasteiger partial charge in [0.1, 0.15) is 10.6 Å². The molecular weight excluding hydrogens is 316 g/mol. The summed E-state index contributed by atoms with van der Waals surface area (Å²) in [7, 11) is 0. The van der Waals surface area contributed by atoms with Crippen molar-refractivity contribution in [2.24, 2.45) is 0 Å². The van der Waals surface area contributed by atoms with Gasteiger partial charge in [-0.15, -0.1) is 11.3 Å². The van der Waals surface area contributed by atoms with Gasteiger partial charge in [-0.2, -0.15) is 0 Å². The summed E-state index contributed by atoms with van der Waals surface area (Å²) < 4.78 is 7.50. The maximum absolute atomic E-state index is 12.1. The van der Waals surface area contributed by atoms with Crippen LogP contribution in [0.3, 0.4) is 0 Å². The maximum atomic E-state index is 12.1. The van der Waals surface area contributed by atoms with Gasteiger partial charge in [0.05, 0.1) is 10.3 Å². The molecule has 0 saturated carbocycles. The number of halogens is 1. The average molecular weight is 329 g/mol. The Bertz CT molecular complexity index is 555. The van der Waals surface area contributed by atoms with E-state index in [1.54, 1.807) is 12.3 Å². The van der Waals surface area contributed by atoms with Crippen LogP contribution < -0.4 is 0 Å². The van der Waals surface area contributed by atoms with Crippen LogP contribution >= 0.6 is 27.3 Å². The topological polar surface area (TPSA) is 44.1 Å². The first-order valence-electron chi connectivity index (χ1n) is 5.39. The Kier molecular flexibility index (Phi) is 3.59. The number of hydrogen-bond donors (Lipinski definition) is 0. The molecule has 0 fully saturated rings. The number of carbonyl (C=O) groups excluding carboxylic acids is 1. The van der Waals surface area contributed by atoms with E-state index in [1.165, 1.54) is 15.9 Å². The number of ether oxygens (including phenoxy) is 1. The number of aromatic nitrogens is 2. The second-order valence-electron chi connectivity index (χ2n) is 4.69. The molecule has 0 N–H and O–H groups in total. The Labute approximate surface area is 118 Å². The van der Waals surface area contributed by atoms with Crippen molar-refractivity contribution in [1.29, 1.82) is 0 Å². The number of thiazole rings is 1. The average Bonchev–Trinajstić information content (AvgIpc) is 2.82. The smallest absolute Gasteiger partial charge is 0.419 e. The van der Waals surface area contributed by atoms with E-state index in [1.807, 2.05) is 32.2 Å². The number of carbonyl (C=O) groups is 1. The molecule has 0 aliphatic carbocycles. The zero-order chi connectivity index (χ0) is 13.3. The van der Waals surface area contributed by atoms with Gasteiger partial charge in [0, 0.05) is 11.6 Å². The minimum Gasteiger partial charge on any atom is -0.443 e. The lowest BCUT2D eigenvalue weighted by Gasteiger charge is -2.20. The predicted molar refractivity (Wildman–Crippen MR) is 74.9 cm³/mol. The Morgan fingerprint density at radius 2 is 2.17 bits per heavy atom. The maximum Gasteiger partial charge on any atom is 0.419 e. The van der Waals surface area contributed by atoms with E-state index in [0.717, 1.165) is 10.7 Å². The van der Waals surface area contributed by atoms with E-state index in [9.17, 15) is 4.79 Å². The van der Waals surface area contributed by atoms with Gasteiger partial charge < -0.3 is 4.74 Å². The highest BCUT2D eigenvalue weighted by atomic mass is 79.9. The predicted octanol–water partition coefficient (Wildman–Crippen LogP) is 4.16. The van der Waals surface area contributed by atoms with Crippen molar-refractivity contribution in [1.82, 2.24) is 9.55 Å². The first-order chi connectivity index (χ1) is 8.38. The normalized spacial score (nSPS) is 11.6. The molecule has 0 unspecified atom stereocenters. The van der Waals surface area contributed by atoms with Gasteiger partial charge in [0.25, 0.3) is 0 Å². The Morgan fingerprint density at radius 1 is 1.44 bits per heavy atom. The fourth-order valence-corrected chi connectivity index (χ4v) is 2.54. The van der Waals surface area contributed by atoms with E-state index in [2.05, 4.69) is 20.9 Å². The van der Waals surface area contributed by atoms with E-state index in [4.69, 9.17) is 4.74 Å². The second kappa shape index (κ2) is 4.85. The molecule has 2 heterocycles. The summed E-state index contributed by atoms with van der Waals surface area (Å²) in [5, 5.41) is 2.65. The highest BCUT2D eigenvalue weighted by molar-refractivity contribution is 9.10. The van der Waals surface area contributed by atoms with Gasteiger partial charge >= 0.3 is 6.09 Å². The molecule has 0 spiro atoms. The third-order valence-corrected chi connectivity index (χ3v) is 3.48. The molecule has 2 aromatic heterocycles.